The quantitative estimate of drug-likeness (QED) is 0.780. The van der Waals surface area contributed by atoms with E-state index in [0.29, 0.717) is 17.4 Å². The van der Waals surface area contributed by atoms with E-state index in [0.717, 1.165) is 11.6 Å². The molecule has 0 bridgehead atoms. The number of methoxy groups -OCH3 is 1. The molecule has 2 rings (SSSR count). The Kier molecular flexibility index (Phi) is 4.69. The molecule has 0 aliphatic heterocycles. The third kappa shape index (κ3) is 2.97. The Hall–Kier alpha value is -1.51. The van der Waals surface area contributed by atoms with E-state index < -0.39 is 0 Å². The van der Waals surface area contributed by atoms with Crippen molar-refractivity contribution in [1.82, 2.24) is 0 Å². The van der Waals surface area contributed by atoms with E-state index in [1.165, 1.54) is 25.7 Å². The molecule has 1 aliphatic rings. The van der Waals surface area contributed by atoms with Gasteiger partial charge in [-0.2, -0.15) is 0 Å². The molecule has 1 fully saturated rings. The normalized spacial score (nSPS) is 22.4. The molecule has 3 nitrogen and oxygen atoms in total. The summed E-state index contributed by atoms with van der Waals surface area (Å²) >= 11 is 0. The summed E-state index contributed by atoms with van der Waals surface area (Å²) in [5.74, 6) is 1.50. The zero-order valence-corrected chi connectivity index (χ0v) is 13.0. The van der Waals surface area contributed by atoms with Gasteiger partial charge < -0.3 is 9.64 Å². The third-order valence-corrected chi connectivity index (χ3v) is 4.41. The van der Waals surface area contributed by atoms with Gasteiger partial charge in [0.25, 0.3) is 0 Å². The van der Waals surface area contributed by atoms with Crippen molar-refractivity contribution in [2.24, 2.45) is 5.92 Å². The predicted octanol–water partition coefficient (Wildman–Crippen LogP) is 3.91. The van der Waals surface area contributed by atoms with E-state index in [1.807, 2.05) is 18.2 Å². The Labute approximate surface area is 121 Å². The molecule has 0 radical (unpaired) electrons. The Morgan fingerprint density at radius 3 is 2.70 bits per heavy atom. The summed E-state index contributed by atoms with van der Waals surface area (Å²) in [5.41, 5.74) is 1.70. The molecule has 1 saturated carbocycles. The van der Waals surface area contributed by atoms with Crippen LogP contribution in [0.15, 0.2) is 18.2 Å². The molecule has 2 atom stereocenters. The fourth-order valence-electron chi connectivity index (χ4n) is 3.29. The predicted molar refractivity (Wildman–Crippen MR) is 82.8 cm³/mol. The number of carbonyl (C=O) groups is 1. The van der Waals surface area contributed by atoms with Gasteiger partial charge in [0.2, 0.25) is 0 Å². The highest BCUT2D eigenvalue weighted by Crippen LogP contribution is 2.34. The van der Waals surface area contributed by atoms with Crippen LogP contribution in [0, 0.1) is 5.92 Å². The first-order chi connectivity index (χ1) is 9.54. The molecule has 3 heteroatoms. The van der Waals surface area contributed by atoms with E-state index in [2.05, 4.69) is 18.9 Å². The molecule has 0 N–H and O–H groups in total. The average Bonchev–Trinajstić information content (AvgIpc) is 2.45. The van der Waals surface area contributed by atoms with Gasteiger partial charge >= 0.3 is 0 Å². The highest BCUT2D eigenvalue weighted by Gasteiger charge is 2.25. The highest BCUT2D eigenvalue weighted by molar-refractivity contribution is 6.02. The van der Waals surface area contributed by atoms with Crippen molar-refractivity contribution in [3.63, 3.8) is 0 Å². The molecule has 0 amide bonds. The van der Waals surface area contributed by atoms with E-state index in [-0.39, 0.29) is 5.78 Å². The average molecular weight is 275 g/mol. The smallest absolute Gasteiger partial charge is 0.165 e. The highest BCUT2D eigenvalue weighted by atomic mass is 16.5. The van der Waals surface area contributed by atoms with Crippen LogP contribution in [0.3, 0.4) is 0 Å². The van der Waals surface area contributed by atoms with Crippen molar-refractivity contribution in [1.29, 1.82) is 0 Å². The van der Waals surface area contributed by atoms with Crippen LogP contribution in [-0.2, 0) is 0 Å². The van der Waals surface area contributed by atoms with Crippen LogP contribution in [-0.4, -0.2) is 26.0 Å². The van der Waals surface area contributed by atoms with Crippen LogP contribution in [0.25, 0.3) is 0 Å². The van der Waals surface area contributed by atoms with E-state index in [4.69, 9.17) is 4.74 Å². The standard InChI is InChI=1S/C17H25NO2/c1-12-7-5-8-14(11-12)18(3)15-9-6-10-16(20-4)17(15)13(2)19/h6,9-10,12,14H,5,7-8,11H2,1-4H3. The molecule has 1 aliphatic carbocycles. The first-order valence-corrected chi connectivity index (χ1v) is 7.45. The van der Waals surface area contributed by atoms with Gasteiger partial charge in [-0.3, -0.25) is 4.79 Å². The molecule has 20 heavy (non-hydrogen) atoms. The van der Waals surface area contributed by atoms with E-state index in [9.17, 15) is 4.79 Å². The van der Waals surface area contributed by atoms with E-state index in [1.54, 1.807) is 14.0 Å². The maximum absolute atomic E-state index is 12.0. The molecule has 0 spiro atoms. The summed E-state index contributed by atoms with van der Waals surface area (Å²) in [6.07, 6.45) is 5.00. The number of nitrogens with zero attached hydrogens (tertiary/aromatic N) is 1. The fourth-order valence-corrected chi connectivity index (χ4v) is 3.29. The van der Waals surface area contributed by atoms with Crippen LogP contribution >= 0.6 is 0 Å². The van der Waals surface area contributed by atoms with Crippen molar-refractivity contribution in [2.45, 2.75) is 45.6 Å². The van der Waals surface area contributed by atoms with Gasteiger partial charge in [0.1, 0.15) is 5.75 Å². The van der Waals surface area contributed by atoms with Gasteiger partial charge in [-0.05, 0) is 37.8 Å². The Morgan fingerprint density at radius 2 is 2.10 bits per heavy atom. The summed E-state index contributed by atoms with van der Waals surface area (Å²) < 4.78 is 5.36. The summed E-state index contributed by atoms with van der Waals surface area (Å²) in [6.45, 7) is 3.93. The molecule has 0 aromatic heterocycles. The summed E-state index contributed by atoms with van der Waals surface area (Å²) in [5, 5.41) is 0. The minimum absolute atomic E-state index is 0.0631. The SMILES string of the molecule is COc1cccc(N(C)C2CCCC(C)C2)c1C(C)=O. The number of hydrogen-bond acceptors (Lipinski definition) is 3. The minimum Gasteiger partial charge on any atom is -0.496 e. The van der Waals surface area contributed by atoms with Gasteiger partial charge in [-0.25, -0.2) is 0 Å². The maximum atomic E-state index is 12.0. The second-order valence-electron chi connectivity index (χ2n) is 5.95. The molecule has 2 unspecified atom stereocenters. The lowest BCUT2D eigenvalue weighted by Crippen LogP contribution is -2.36. The first-order valence-electron chi connectivity index (χ1n) is 7.45. The topological polar surface area (TPSA) is 29.5 Å². The number of benzene rings is 1. The summed E-state index contributed by atoms with van der Waals surface area (Å²) in [6, 6.07) is 6.36. The number of ether oxygens (including phenoxy) is 1. The van der Waals surface area contributed by atoms with Crippen molar-refractivity contribution in [2.75, 3.05) is 19.1 Å². The van der Waals surface area contributed by atoms with Gasteiger partial charge in [0.15, 0.2) is 5.78 Å². The minimum atomic E-state index is 0.0631. The zero-order chi connectivity index (χ0) is 14.7. The molecule has 110 valence electrons. The molecule has 0 saturated heterocycles. The number of rotatable bonds is 4. The van der Waals surface area contributed by atoms with Crippen molar-refractivity contribution in [3.05, 3.63) is 23.8 Å². The number of anilines is 1. The fraction of sp³-hybridized carbons (Fsp3) is 0.588. The van der Waals surface area contributed by atoms with Gasteiger partial charge in [-0.15, -0.1) is 0 Å². The van der Waals surface area contributed by atoms with Crippen LogP contribution < -0.4 is 9.64 Å². The molecular weight excluding hydrogens is 250 g/mol. The van der Waals surface area contributed by atoms with E-state index >= 15 is 0 Å². The second-order valence-corrected chi connectivity index (χ2v) is 5.95. The van der Waals surface area contributed by atoms with Crippen LogP contribution in [0.2, 0.25) is 0 Å². The van der Waals surface area contributed by atoms with Crippen LogP contribution in [0.5, 0.6) is 5.75 Å². The monoisotopic (exact) mass is 275 g/mol. The molecule has 1 aromatic rings. The third-order valence-electron chi connectivity index (χ3n) is 4.41. The number of carbonyl (C=O) groups excluding carboxylic acids is 1. The van der Waals surface area contributed by atoms with Crippen LogP contribution in [0.4, 0.5) is 5.69 Å². The number of ketones is 1. The lowest BCUT2D eigenvalue weighted by atomic mass is 9.86. The van der Waals surface area contributed by atoms with Crippen molar-refractivity contribution >= 4 is 11.5 Å². The van der Waals surface area contributed by atoms with Gasteiger partial charge in [0.05, 0.1) is 18.4 Å². The number of Topliss-reactive ketones (excluding diaryl/α,β-unsaturated/α-hetero) is 1. The Morgan fingerprint density at radius 1 is 1.35 bits per heavy atom. The number of hydrogen-bond donors (Lipinski definition) is 0. The summed E-state index contributed by atoms with van der Waals surface area (Å²) in [4.78, 5) is 14.3. The molecule has 0 heterocycles. The lowest BCUT2D eigenvalue weighted by Gasteiger charge is -2.36. The Balaban J connectivity index is 2.33. The van der Waals surface area contributed by atoms with Gasteiger partial charge in [-0.1, -0.05) is 25.8 Å². The lowest BCUT2D eigenvalue weighted by molar-refractivity contribution is 0.101. The first kappa shape index (κ1) is 14.9. The maximum Gasteiger partial charge on any atom is 0.165 e. The zero-order valence-electron chi connectivity index (χ0n) is 13.0. The Bertz CT molecular complexity index is 484. The summed E-state index contributed by atoms with van der Waals surface area (Å²) in [7, 11) is 3.72. The largest absolute Gasteiger partial charge is 0.496 e. The van der Waals surface area contributed by atoms with Crippen LogP contribution in [0.1, 0.15) is 49.9 Å². The second kappa shape index (κ2) is 6.29. The molecule has 1 aromatic carbocycles. The van der Waals surface area contributed by atoms with Gasteiger partial charge in [0, 0.05) is 13.1 Å². The molecular formula is C17H25NO2. The van der Waals surface area contributed by atoms with Crippen molar-refractivity contribution < 1.29 is 9.53 Å². The van der Waals surface area contributed by atoms with Crippen molar-refractivity contribution in [3.8, 4) is 5.75 Å².